The first-order valence-corrected chi connectivity index (χ1v) is 6.82. The molecule has 0 unspecified atom stereocenters. The van der Waals surface area contributed by atoms with E-state index >= 15 is 0 Å². The van der Waals surface area contributed by atoms with Crippen LogP contribution in [0.3, 0.4) is 0 Å². The van der Waals surface area contributed by atoms with Crippen molar-refractivity contribution in [2.45, 2.75) is 27.2 Å². The average Bonchev–Trinajstić information content (AvgIpc) is 2.75. The third kappa shape index (κ3) is 2.32. The molecule has 0 aliphatic heterocycles. The molecule has 0 saturated carbocycles. The highest BCUT2D eigenvalue weighted by atomic mass is 79.9. The third-order valence-electron chi connectivity index (χ3n) is 2.94. The predicted molar refractivity (Wildman–Crippen MR) is 74.6 cm³/mol. The first-order valence-electron chi connectivity index (χ1n) is 6.03. The Bertz CT molecular complexity index is 517. The van der Waals surface area contributed by atoms with Gasteiger partial charge in [-0.2, -0.15) is 4.98 Å². The molecule has 0 saturated heterocycles. The molecule has 0 spiro atoms. The number of nitrogens with zero attached hydrogens (tertiary/aromatic N) is 2. The quantitative estimate of drug-likeness (QED) is 0.854. The molecule has 0 fully saturated rings. The summed E-state index contributed by atoms with van der Waals surface area (Å²) < 4.78 is 6.79. The lowest BCUT2D eigenvalue weighted by molar-refractivity contribution is 0.574. The molecular weight excluding hydrogens is 280 g/mol. The number of hydrogen-bond acceptors (Lipinski definition) is 3. The fraction of sp³-hybridized carbons (Fsp3) is 0.462. The molecule has 0 amide bonds. The van der Waals surface area contributed by atoms with Crippen molar-refractivity contribution < 1.29 is 4.42 Å². The molecule has 1 aromatic carbocycles. The highest BCUT2D eigenvalue weighted by Gasteiger charge is 2.13. The maximum atomic E-state index is 5.81. The maximum absolute atomic E-state index is 5.81. The average molecular weight is 297 g/mol. The fourth-order valence-electron chi connectivity index (χ4n) is 1.87. The molecular formula is C13H17BrN2O. The zero-order valence-electron chi connectivity index (χ0n) is 10.5. The molecule has 0 atom stereocenters. The van der Waals surface area contributed by atoms with Crippen molar-refractivity contribution in [1.82, 2.24) is 4.98 Å². The van der Waals surface area contributed by atoms with Crippen LogP contribution in [0.25, 0.3) is 11.1 Å². The van der Waals surface area contributed by atoms with E-state index in [9.17, 15) is 0 Å². The molecule has 0 radical (unpaired) electrons. The van der Waals surface area contributed by atoms with Crippen molar-refractivity contribution in [3.05, 3.63) is 22.2 Å². The Morgan fingerprint density at radius 1 is 1.24 bits per heavy atom. The molecule has 92 valence electrons. The van der Waals surface area contributed by atoms with Gasteiger partial charge in [-0.15, -0.1) is 0 Å². The van der Waals surface area contributed by atoms with Crippen molar-refractivity contribution in [2.75, 3.05) is 18.0 Å². The summed E-state index contributed by atoms with van der Waals surface area (Å²) in [5.74, 6) is 0. The van der Waals surface area contributed by atoms with Gasteiger partial charge in [-0.1, -0.05) is 6.92 Å². The van der Waals surface area contributed by atoms with Gasteiger partial charge in [-0.3, -0.25) is 0 Å². The molecule has 0 aliphatic rings. The topological polar surface area (TPSA) is 29.3 Å². The second kappa shape index (κ2) is 5.08. The zero-order valence-corrected chi connectivity index (χ0v) is 12.0. The van der Waals surface area contributed by atoms with Gasteiger partial charge in [0.2, 0.25) is 0 Å². The molecule has 3 nitrogen and oxygen atoms in total. The van der Waals surface area contributed by atoms with Crippen LogP contribution in [-0.4, -0.2) is 18.1 Å². The van der Waals surface area contributed by atoms with Gasteiger partial charge in [-0.05, 0) is 53.9 Å². The lowest BCUT2D eigenvalue weighted by Crippen LogP contribution is -2.21. The summed E-state index contributed by atoms with van der Waals surface area (Å²) in [6.45, 7) is 8.15. The van der Waals surface area contributed by atoms with Gasteiger partial charge in [0.15, 0.2) is 5.58 Å². The lowest BCUT2D eigenvalue weighted by atomic mass is 10.1. The molecule has 1 aromatic heterocycles. The molecule has 17 heavy (non-hydrogen) atoms. The van der Waals surface area contributed by atoms with Crippen molar-refractivity contribution >= 4 is 33.0 Å². The SMILES string of the molecule is CCc1cc(Br)c2oc(N(CC)CC)nc2c1. The number of hydrogen-bond donors (Lipinski definition) is 0. The van der Waals surface area contributed by atoms with Crippen LogP contribution in [0.1, 0.15) is 26.3 Å². The number of anilines is 1. The van der Waals surface area contributed by atoms with E-state index < -0.39 is 0 Å². The van der Waals surface area contributed by atoms with E-state index in [0.717, 1.165) is 35.1 Å². The summed E-state index contributed by atoms with van der Waals surface area (Å²) >= 11 is 3.54. The van der Waals surface area contributed by atoms with Crippen LogP contribution in [-0.2, 0) is 6.42 Å². The number of rotatable bonds is 4. The van der Waals surface area contributed by atoms with Crippen molar-refractivity contribution in [3.63, 3.8) is 0 Å². The van der Waals surface area contributed by atoms with Gasteiger partial charge in [0.05, 0.1) is 4.47 Å². The highest BCUT2D eigenvalue weighted by Crippen LogP contribution is 2.29. The van der Waals surface area contributed by atoms with Crippen LogP contribution in [0.2, 0.25) is 0 Å². The van der Waals surface area contributed by atoms with Crippen LogP contribution in [0.5, 0.6) is 0 Å². The Morgan fingerprint density at radius 2 is 1.94 bits per heavy atom. The van der Waals surface area contributed by atoms with E-state index in [0.29, 0.717) is 6.01 Å². The summed E-state index contributed by atoms with van der Waals surface area (Å²) in [6, 6.07) is 4.90. The summed E-state index contributed by atoms with van der Waals surface area (Å²) in [6.07, 6.45) is 1.00. The molecule has 0 aliphatic carbocycles. The molecule has 1 heterocycles. The number of benzene rings is 1. The Hall–Kier alpha value is -1.03. The fourth-order valence-corrected chi connectivity index (χ4v) is 2.45. The molecule has 2 aromatic rings. The number of aryl methyl sites for hydroxylation is 1. The molecule has 0 N–H and O–H groups in total. The summed E-state index contributed by atoms with van der Waals surface area (Å²) in [5.41, 5.74) is 3.03. The lowest BCUT2D eigenvalue weighted by Gasteiger charge is -2.14. The van der Waals surface area contributed by atoms with Crippen molar-refractivity contribution in [1.29, 1.82) is 0 Å². The molecule has 2 rings (SSSR count). The standard InChI is InChI=1S/C13H17BrN2O/c1-4-9-7-10(14)12-11(8-9)15-13(17-12)16(5-2)6-3/h7-8H,4-6H2,1-3H3. The van der Waals surface area contributed by atoms with E-state index in [1.807, 2.05) is 0 Å². The number of fused-ring (bicyclic) bond motifs is 1. The molecule has 0 bridgehead atoms. The minimum atomic E-state index is 0.707. The first-order chi connectivity index (χ1) is 8.19. The maximum Gasteiger partial charge on any atom is 0.298 e. The number of halogens is 1. The van der Waals surface area contributed by atoms with Gasteiger partial charge in [0, 0.05) is 13.1 Å². The van der Waals surface area contributed by atoms with Gasteiger partial charge in [0.1, 0.15) is 5.52 Å². The summed E-state index contributed by atoms with van der Waals surface area (Å²) in [5, 5.41) is 0. The van der Waals surface area contributed by atoms with Crippen LogP contribution >= 0.6 is 15.9 Å². The molecule has 4 heteroatoms. The second-order valence-corrected chi connectivity index (χ2v) is 4.80. The van der Waals surface area contributed by atoms with Crippen LogP contribution in [0.4, 0.5) is 6.01 Å². The smallest absolute Gasteiger partial charge is 0.298 e. The van der Waals surface area contributed by atoms with Gasteiger partial charge in [0.25, 0.3) is 6.01 Å². The van der Waals surface area contributed by atoms with Crippen LogP contribution < -0.4 is 4.90 Å². The monoisotopic (exact) mass is 296 g/mol. The Morgan fingerprint density at radius 3 is 2.53 bits per heavy atom. The summed E-state index contributed by atoms with van der Waals surface area (Å²) in [4.78, 5) is 6.66. The van der Waals surface area contributed by atoms with Crippen LogP contribution in [0, 0.1) is 0 Å². The number of oxazole rings is 1. The Kier molecular flexibility index (Phi) is 3.72. The minimum absolute atomic E-state index is 0.707. The van der Waals surface area contributed by atoms with E-state index in [2.05, 4.69) is 58.7 Å². The van der Waals surface area contributed by atoms with Gasteiger partial charge in [-0.25, -0.2) is 0 Å². The normalized spacial score (nSPS) is 11.1. The third-order valence-corrected chi connectivity index (χ3v) is 3.52. The Balaban J connectivity index is 2.53. The number of aromatic nitrogens is 1. The highest BCUT2D eigenvalue weighted by molar-refractivity contribution is 9.10. The van der Waals surface area contributed by atoms with E-state index in [4.69, 9.17) is 4.42 Å². The second-order valence-electron chi connectivity index (χ2n) is 3.95. The minimum Gasteiger partial charge on any atom is -0.422 e. The van der Waals surface area contributed by atoms with Gasteiger partial charge < -0.3 is 9.32 Å². The van der Waals surface area contributed by atoms with Crippen LogP contribution in [0.15, 0.2) is 21.0 Å². The zero-order chi connectivity index (χ0) is 12.4. The van der Waals surface area contributed by atoms with E-state index in [1.165, 1.54) is 5.56 Å². The predicted octanol–water partition coefficient (Wildman–Crippen LogP) is 4.00. The van der Waals surface area contributed by atoms with E-state index in [1.54, 1.807) is 0 Å². The van der Waals surface area contributed by atoms with E-state index in [-0.39, 0.29) is 0 Å². The van der Waals surface area contributed by atoms with Crippen molar-refractivity contribution in [3.8, 4) is 0 Å². The first kappa shape index (κ1) is 12.4. The van der Waals surface area contributed by atoms with Crippen molar-refractivity contribution in [2.24, 2.45) is 0 Å². The summed E-state index contributed by atoms with van der Waals surface area (Å²) in [7, 11) is 0. The Labute approximate surface area is 110 Å². The largest absolute Gasteiger partial charge is 0.422 e. The van der Waals surface area contributed by atoms with Gasteiger partial charge >= 0.3 is 0 Å².